The van der Waals surface area contributed by atoms with Crippen LogP contribution in [0.5, 0.6) is 0 Å². The minimum absolute atomic E-state index is 0.0685. The second-order valence-corrected chi connectivity index (χ2v) is 9.68. The van der Waals surface area contributed by atoms with Crippen LogP contribution >= 0.6 is 22.9 Å². The lowest BCUT2D eigenvalue weighted by Gasteiger charge is -2.34. The molecule has 1 fully saturated rings. The van der Waals surface area contributed by atoms with Gasteiger partial charge >= 0.3 is 0 Å². The van der Waals surface area contributed by atoms with Crippen LogP contribution in [0.25, 0.3) is 22.2 Å². The van der Waals surface area contributed by atoms with Crippen molar-refractivity contribution in [1.29, 1.82) is 0 Å². The van der Waals surface area contributed by atoms with E-state index in [2.05, 4.69) is 15.3 Å². The van der Waals surface area contributed by atoms with E-state index in [0.717, 1.165) is 35.9 Å². The zero-order valence-corrected chi connectivity index (χ0v) is 20.1. The van der Waals surface area contributed by atoms with Gasteiger partial charge in [0.05, 0.1) is 29.5 Å². The maximum absolute atomic E-state index is 12.7. The number of aryl methyl sites for hydroxylation is 1. The smallest absolute Gasteiger partial charge is 0.261 e. The molecule has 0 radical (unpaired) electrons. The normalized spacial score (nSPS) is 14.6. The van der Waals surface area contributed by atoms with E-state index in [1.807, 2.05) is 47.4 Å². The van der Waals surface area contributed by atoms with E-state index in [1.165, 1.54) is 10.9 Å². The summed E-state index contributed by atoms with van der Waals surface area (Å²) >= 11 is 7.63. The highest BCUT2D eigenvalue weighted by molar-refractivity contribution is 7.09. The van der Waals surface area contributed by atoms with Crippen molar-refractivity contribution in [2.24, 2.45) is 0 Å². The number of thiazole rings is 1. The van der Waals surface area contributed by atoms with Crippen LogP contribution in [0.4, 0.5) is 0 Å². The number of fused-ring (bicyclic) bond motifs is 1. The zero-order chi connectivity index (χ0) is 23.5. The minimum atomic E-state index is -0.107. The maximum Gasteiger partial charge on any atom is 0.261 e. The van der Waals surface area contributed by atoms with E-state index in [0.29, 0.717) is 35.6 Å². The van der Waals surface area contributed by atoms with Crippen molar-refractivity contribution in [3.05, 3.63) is 80.6 Å². The summed E-state index contributed by atoms with van der Waals surface area (Å²) in [5.74, 6) is 0.0685. The monoisotopic (exact) mass is 493 g/mol. The molecule has 0 aliphatic carbocycles. The number of hydrogen-bond donors (Lipinski definition) is 0. The predicted octanol–water partition coefficient (Wildman–Crippen LogP) is 3.91. The first-order valence-electron chi connectivity index (χ1n) is 11.2. The summed E-state index contributed by atoms with van der Waals surface area (Å²) in [6.07, 6.45) is 1.82. The van der Waals surface area contributed by atoms with Crippen LogP contribution in [0.15, 0.2) is 65.0 Å². The molecule has 2 aromatic carbocycles. The third-order valence-corrected chi connectivity index (χ3v) is 7.16. The lowest BCUT2D eigenvalue weighted by atomic mass is 10.2. The van der Waals surface area contributed by atoms with Crippen molar-refractivity contribution in [2.45, 2.75) is 19.5 Å². The average Bonchev–Trinajstić information content (AvgIpc) is 3.33. The van der Waals surface area contributed by atoms with Gasteiger partial charge in [-0.25, -0.2) is 9.97 Å². The molecule has 9 heteroatoms. The average molecular weight is 494 g/mol. The molecule has 0 saturated carbocycles. The molecule has 2 aromatic heterocycles. The van der Waals surface area contributed by atoms with E-state index < -0.39 is 0 Å². The number of para-hydroxylation sites is 1. The summed E-state index contributed by atoms with van der Waals surface area (Å²) in [5.41, 5.74) is 2.59. The number of carbonyl (C=O) groups excluding carboxylic acids is 1. The van der Waals surface area contributed by atoms with E-state index in [9.17, 15) is 9.59 Å². The van der Waals surface area contributed by atoms with Crippen LogP contribution < -0.4 is 5.56 Å². The first-order chi connectivity index (χ1) is 16.6. The van der Waals surface area contributed by atoms with Gasteiger partial charge in [-0.1, -0.05) is 35.9 Å². The van der Waals surface area contributed by atoms with Gasteiger partial charge in [0.2, 0.25) is 5.91 Å². The van der Waals surface area contributed by atoms with E-state index in [1.54, 1.807) is 17.4 Å². The second-order valence-electron chi connectivity index (χ2n) is 8.30. The van der Waals surface area contributed by atoms with Gasteiger partial charge in [-0.3, -0.25) is 19.1 Å². The number of halogens is 1. The zero-order valence-electron chi connectivity index (χ0n) is 18.6. The Morgan fingerprint density at radius 3 is 2.59 bits per heavy atom. The number of aromatic nitrogens is 3. The number of hydrogen-bond acceptors (Lipinski definition) is 6. The Morgan fingerprint density at radius 2 is 1.79 bits per heavy atom. The Bertz CT molecular complexity index is 1360. The Balaban J connectivity index is 1.12. The summed E-state index contributed by atoms with van der Waals surface area (Å²) in [6, 6.07) is 15.0. The molecule has 0 unspecified atom stereocenters. The Hall–Kier alpha value is -3.07. The first kappa shape index (κ1) is 22.7. The fourth-order valence-electron chi connectivity index (χ4n) is 4.12. The van der Waals surface area contributed by atoms with E-state index in [-0.39, 0.29) is 17.9 Å². The van der Waals surface area contributed by atoms with Gasteiger partial charge in [0.25, 0.3) is 5.56 Å². The fraction of sp³-hybridized carbons (Fsp3) is 0.280. The summed E-state index contributed by atoms with van der Waals surface area (Å²) < 4.78 is 1.53. The Morgan fingerprint density at radius 1 is 1.03 bits per heavy atom. The fourth-order valence-corrected chi connectivity index (χ4v) is 5.09. The second kappa shape index (κ2) is 10.0. The molecule has 174 valence electrons. The van der Waals surface area contributed by atoms with Crippen LogP contribution in [0, 0.1) is 0 Å². The molecule has 0 N–H and O–H groups in total. The molecule has 1 aliphatic rings. The Labute approximate surface area is 206 Å². The van der Waals surface area contributed by atoms with Crippen LogP contribution in [0.2, 0.25) is 5.02 Å². The topological polar surface area (TPSA) is 71.3 Å². The summed E-state index contributed by atoms with van der Waals surface area (Å²) in [5, 5.41) is 4.43. The quantitative estimate of drug-likeness (QED) is 0.407. The highest BCUT2D eigenvalue weighted by Gasteiger charge is 2.22. The van der Waals surface area contributed by atoms with Crippen molar-refractivity contribution >= 4 is 39.7 Å². The van der Waals surface area contributed by atoms with Gasteiger partial charge < -0.3 is 4.90 Å². The number of rotatable bonds is 6. The van der Waals surface area contributed by atoms with Gasteiger partial charge in [0, 0.05) is 55.1 Å². The van der Waals surface area contributed by atoms with Crippen molar-refractivity contribution in [1.82, 2.24) is 24.3 Å². The molecule has 0 spiro atoms. The number of amides is 1. The molecule has 4 aromatic rings. The van der Waals surface area contributed by atoms with Crippen LogP contribution in [0.1, 0.15) is 11.4 Å². The summed E-state index contributed by atoms with van der Waals surface area (Å²) in [4.78, 5) is 38.7. The minimum Gasteiger partial charge on any atom is -0.340 e. The standard InChI is InChI=1S/C25H24ClN5O2S/c26-19-7-5-18(6-8-19)22-16-34-23(28-22)15-29-11-13-30(14-12-29)24(32)9-10-31-17-27-21-4-2-1-3-20(21)25(31)33/h1-8,16-17H,9-15H2. The number of carbonyl (C=O) groups is 1. The van der Waals surface area contributed by atoms with Gasteiger partial charge in [-0.05, 0) is 24.3 Å². The van der Waals surface area contributed by atoms with Gasteiger partial charge in [0.15, 0.2) is 0 Å². The number of benzene rings is 2. The molecule has 1 amide bonds. The van der Waals surface area contributed by atoms with Crippen LogP contribution in [-0.2, 0) is 17.9 Å². The molecular weight excluding hydrogens is 470 g/mol. The van der Waals surface area contributed by atoms with Crippen molar-refractivity contribution in [3.63, 3.8) is 0 Å². The predicted molar refractivity (Wildman–Crippen MR) is 135 cm³/mol. The van der Waals surface area contributed by atoms with Crippen LogP contribution in [0.3, 0.4) is 0 Å². The lowest BCUT2D eigenvalue weighted by molar-refractivity contribution is -0.133. The molecule has 0 bridgehead atoms. The van der Waals surface area contributed by atoms with Gasteiger partial charge in [-0.2, -0.15) is 0 Å². The molecule has 1 saturated heterocycles. The SMILES string of the molecule is O=C(CCn1cnc2ccccc2c1=O)N1CCN(Cc2nc(-c3ccc(Cl)cc3)cs2)CC1. The first-order valence-corrected chi connectivity index (χ1v) is 12.5. The molecule has 0 atom stereocenters. The van der Waals surface area contributed by atoms with E-state index >= 15 is 0 Å². The highest BCUT2D eigenvalue weighted by Crippen LogP contribution is 2.24. The molecule has 34 heavy (non-hydrogen) atoms. The largest absolute Gasteiger partial charge is 0.340 e. The van der Waals surface area contributed by atoms with Gasteiger partial charge in [-0.15, -0.1) is 11.3 Å². The molecule has 5 rings (SSSR count). The maximum atomic E-state index is 12.7. The number of piperazine rings is 1. The van der Waals surface area contributed by atoms with Gasteiger partial charge in [0.1, 0.15) is 5.01 Å². The van der Waals surface area contributed by atoms with Crippen molar-refractivity contribution in [2.75, 3.05) is 26.2 Å². The van der Waals surface area contributed by atoms with E-state index in [4.69, 9.17) is 16.6 Å². The van der Waals surface area contributed by atoms with Crippen molar-refractivity contribution < 1.29 is 4.79 Å². The Kier molecular flexibility index (Phi) is 6.71. The molecule has 1 aliphatic heterocycles. The summed E-state index contributed by atoms with van der Waals surface area (Å²) in [7, 11) is 0. The lowest BCUT2D eigenvalue weighted by Crippen LogP contribution is -2.48. The number of nitrogens with zero attached hydrogens (tertiary/aromatic N) is 5. The molecule has 3 heterocycles. The van der Waals surface area contributed by atoms with Crippen LogP contribution in [-0.4, -0.2) is 56.4 Å². The molecule has 7 nitrogen and oxygen atoms in total. The third-order valence-electron chi connectivity index (χ3n) is 6.07. The van der Waals surface area contributed by atoms with Crippen molar-refractivity contribution in [3.8, 4) is 11.3 Å². The summed E-state index contributed by atoms with van der Waals surface area (Å²) in [6.45, 7) is 4.08. The third kappa shape index (κ3) is 5.04. The molecular formula is C25H24ClN5O2S. The highest BCUT2D eigenvalue weighted by atomic mass is 35.5.